The molecular weight excluding hydrogens is 374 g/mol. The average molecular weight is 385 g/mol. The molecule has 1 saturated heterocycles. The summed E-state index contributed by atoms with van der Waals surface area (Å²) >= 11 is 3.16. The summed E-state index contributed by atoms with van der Waals surface area (Å²) in [6, 6.07) is 0. The van der Waals surface area contributed by atoms with Crippen molar-refractivity contribution in [3.63, 3.8) is 0 Å². The lowest BCUT2D eigenvalue weighted by Gasteiger charge is -2.17. The fourth-order valence-electron chi connectivity index (χ4n) is 2.05. The largest absolute Gasteiger partial charge is 0.478 e. The van der Waals surface area contributed by atoms with E-state index in [9.17, 15) is 13.2 Å². The summed E-state index contributed by atoms with van der Waals surface area (Å²) in [7, 11) is 2.99. The number of methoxy groups -OCH3 is 1. The Morgan fingerprint density at radius 3 is 2.90 bits per heavy atom. The Labute approximate surface area is 128 Å². The predicted molar refractivity (Wildman–Crippen MR) is 76.4 cm³/mol. The van der Waals surface area contributed by atoms with Crippen molar-refractivity contribution in [1.29, 1.82) is 0 Å². The van der Waals surface area contributed by atoms with E-state index in [4.69, 9.17) is 15.4 Å². The molecule has 0 saturated carbocycles. The second-order valence-electron chi connectivity index (χ2n) is 4.31. The van der Waals surface area contributed by atoms with E-state index in [2.05, 4.69) is 25.9 Å². The zero-order chi connectivity index (χ0) is 14.9. The lowest BCUT2D eigenvalue weighted by atomic mass is 10.1. The van der Waals surface area contributed by atoms with Crippen LogP contribution in [0.25, 0.3) is 0 Å². The van der Waals surface area contributed by atoms with Crippen LogP contribution >= 0.6 is 26.6 Å². The first-order valence-corrected chi connectivity index (χ1v) is 8.86. The van der Waals surface area contributed by atoms with Gasteiger partial charge in [0.05, 0.1) is 19.1 Å². The fourth-order valence-corrected chi connectivity index (χ4v) is 3.63. The van der Waals surface area contributed by atoms with Gasteiger partial charge < -0.3 is 4.74 Å². The van der Waals surface area contributed by atoms with Crippen molar-refractivity contribution in [3.05, 3.63) is 10.8 Å². The molecular formula is C10H11BrClN3O4S. The molecule has 1 aromatic rings. The van der Waals surface area contributed by atoms with E-state index in [0.717, 1.165) is 0 Å². The van der Waals surface area contributed by atoms with Crippen LogP contribution in [0.3, 0.4) is 0 Å². The molecule has 1 atom stereocenters. The van der Waals surface area contributed by atoms with E-state index < -0.39 is 9.05 Å². The number of carbonyl (C=O) groups is 1. The Morgan fingerprint density at radius 1 is 1.60 bits per heavy atom. The van der Waals surface area contributed by atoms with Crippen LogP contribution < -0.4 is 9.64 Å². The summed E-state index contributed by atoms with van der Waals surface area (Å²) in [6.45, 7) is 0.220. The summed E-state index contributed by atoms with van der Waals surface area (Å²) in [5.74, 6) is -0.369. The van der Waals surface area contributed by atoms with Gasteiger partial charge in [-0.1, -0.05) is 0 Å². The number of ether oxygens (including phenoxy) is 1. The molecule has 110 valence electrons. The van der Waals surface area contributed by atoms with Gasteiger partial charge in [0, 0.05) is 29.6 Å². The third kappa shape index (κ3) is 3.58. The SMILES string of the molecule is COc1nc(Br)cnc1N1CC(CS(=O)(=O)Cl)CC1=O. The standard InChI is InChI=1S/C10H11BrClN3O4S/c1-19-10-9(13-3-7(11)14-10)15-4-6(2-8(15)16)5-20(12,17)18/h3,6H,2,4-5H2,1H3. The molecule has 0 radical (unpaired) electrons. The molecule has 1 aromatic heterocycles. The molecule has 0 spiro atoms. The van der Waals surface area contributed by atoms with Crippen LogP contribution in [0, 0.1) is 5.92 Å². The summed E-state index contributed by atoms with van der Waals surface area (Å²) in [5, 5.41) is 0. The summed E-state index contributed by atoms with van der Waals surface area (Å²) in [4.78, 5) is 21.5. The predicted octanol–water partition coefficient (Wildman–Crippen LogP) is 1.17. The molecule has 1 aliphatic heterocycles. The molecule has 0 bridgehead atoms. The highest BCUT2D eigenvalue weighted by atomic mass is 79.9. The second kappa shape index (κ2) is 5.82. The van der Waals surface area contributed by atoms with E-state index in [1.54, 1.807) is 0 Å². The van der Waals surface area contributed by atoms with Gasteiger partial charge in [0.15, 0.2) is 5.82 Å². The molecule has 1 unspecified atom stereocenters. The highest BCUT2D eigenvalue weighted by Crippen LogP contribution is 2.31. The number of hydrogen-bond donors (Lipinski definition) is 0. The third-order valence-corrected chi connectivity index (χ3v) is 4.41. The molecule has 2 rings (SSSR count). The van der Waals surface area contributed by atoms with Crippen molar-refractivity contribution < 1.29 is 17.9 Å². The van der Waals surface area contributed by atoms with E-state index in [-0.39, 0.29) is 42.2 Å². The minimum atomic E-state index is -3.64. The maximum absolute atomic E-state index is 12.0. The summed E-state index contributed by atoms with van der Waals surface area (Å²) < 4.78 is 27.7. The van der Waals surface area contributed by atoms with Gasteiger partial charge in [0.25, 0.3) is 5.88 Å². The van der Waals surface area contributed by atoms with Crippen molar-refractivity contribution in [2.75, 3.05) is 24.3 Å². The van der Waals surface area contributed by atoms with Gasteiger partial charge in [-0.05, 0) is 15.9 Å². The number of carbonyl (C=O) groups excluding carboxylic acids is 1. The highest BCUT2D eigenvalue weighted by Gasteiger charge is 2.35. The quantitative estimate of drug-likeness (QED) is 0.724. The zero-order valence-electron chi connectivity index (χ0n) is 10.4. The van der Waals surface area contributed by atoms with Crippen LogP contribution in [-0.2, 0) is 13.8 Å². The number of anilines is 1. The van der Waals surface area contributed by atoms with Crippen LogP contribution in [0.15, 0.2) is 10.8 Å². The van der Waals surface area contributed by atoms with E-state index in [1.165, 1.54) is 18.2 Å². The Balaban J connectivity index is 2.24. The monoisotopic (exact) mass is 383 g/mol. The van der Waals surface area contributed by atoms with E-state index in [0.29, 0.717) is 4.60 Å². The summed E-state index contributed by atoms with van der Waals surface area (Å²) in [6.07, 6.45) is 1.55. The maximum atomic E-state index is 12.0. The molecule has 0 N–H and O–H groups in total. The molecule has 20 heavy (non-hydrogen) atoms. The molecule has 1 amide bonds. The first-order valence-electron chi connectivity index (χ1n) is 5.59. The molecule has 1 aliphatic rings. The lowest BCUT2D eigenvalue weighted by Crippen LogP contribution is -2.27. The lowest BCUT2D eigenvalue weighted by molar-refractivity contribution is -0.117. The van der Waals surface area contributed by atoms with Crippen molar-refractivity contribution >= 4 is 47.4 Å². The minimum Gasteiger partial charge on any atom is -0.478 e. The topological polar surface area (TPSA) is 89.5 Å². The Morgan fingerprint density at radius 2 is 2.30 bits per heavy atom. The number of rotatable bonds is 4. The van der Waals surface area contributed by atoms with Crippen molar-refractivity contribution in [2.45, 2.75) is 6.42 Å². The van der Waals surface area contributed by atoms with Crippen LogP contribution in [0.5, 0.6) is 5.88 Å². The fraction of sp³-hybridized carbons (Fsp3) is 0.500. The van der Waals surface area contributed by atoms with Gasteiger partial charge in [-0.2, -0.15) is 0 Å². The number of halogens is 2. The maximum Gasteiger partial charge on any atom is 0.258 e. The van der Waals surface area contributed by atoms with E-state index in [1.807, 2.05) is 0 Å². The first kappa shape index (κ1) is 15.5. The number of amides is 1. The Kier molecular flexibility index (Phi) is 4.50. The molecule has 1 fully saturated rings. The average Bonchev–Trinajstić information content (AvgIpc) is 2.67. The molecule has 0 aliphatic carbocycles. The van der Waals surface area contributed by atoms with Crippen molar-refractivity contribution in [3.8, 4) is 5.88 Å². The van der Waals surface area contributed by atoms with Crippen LogP contribution in [0.1, 0.15) is 6.42 Å². The van der Waals surface area contributed by atoms with Gasteiger partial charge in [-0.15, -0.1) is 0 Å². The van der Waals surface area contributed by atoms with Crippen LogP contribution in [0.2, 0.25) is 0 Å². The minimum absolute atomic E-state index is 0.104. The molecule has 7 nitrogen and oxygen atoms in total. The number of hydrogen-bond acceptors (Lipinski definition) is 6. The van der Waals surface area contributed by atoms with Gasteiger partial charge in [-0.3, -0.25) is 9.69 Å². The zero-order valence-corrected chi connectivity index (χ0v) is 13.6. The van der Waals surface area contributed by atoms with Crippen LogP contribution in [0.4, 0.5) is 5.82 Å². The first-order chi connectivity index (χ1) is 9.30. The normalized spacial score (nSPS) is 19.4. The molecule has 10 heteroatoms. The van der Waals surface area contributed by atoms with Gasteiger partial charge >= 0.3 is 0 Å². The van der Waals surface area contributed by atoms with Gasteiger partial charge in [0.2, 0.25) is 15.0 Å². The highest BCUT2D eigenvalue weighted by molar-refractivity contribution is 9.10. The third-order valence-electron chi connectivity index (χ3n) is 2.78. The van der Waals surface area contributed by atoms with Crippen molar-refractivity contribution in [2.24, 2.45) is 5.92 Å². The van der Waals surface area contributed by atoms with Gasteiger partial charge in [-0.25, -0.2) is 18.4 Å². The number of aromatic nitrogens is 2. The summed E-state index contributed by atoms with van der Waals surface area (Å²) in [5.41, 5.74) is 0. The molecule has 2 heterocycles. The van der Waals surface area contributed by atoms with Gasteiger partial charge in [0.1, 0.15) is 4.60 Å². The molecule has 0 aromatic carbocycles. The van der Waals surface area contributed by atoms with Crippen molar-refractivity contribution in [1.82, 2.24) is 9.97 Å². The van der Waals surface area contributed by atoms with E-state index >= 15 is 0 Å². The number of nitrogens with zero attached hydrogens (tertiary/aromatic N) is 3. The Hall–Kier alpha value is -0.930. The second-order valence-corrected chi connectivity index (χ2v) is 7.94. The van der Waals surface area contributed by atoms with Crippen LogP contribution in [-0.4, -0.2) is 43.7 Å². The smallest absolute Gasteiger partial charge is 0.258 e. The Bertz CT molecular complexity index is 639.